The fourth-order valence-corrected chi connectivity index (χ4v) is 8.72. The van der Waals surface area contributed by atoms with Crippen LogP contribution >= 0.6 is 46.9 Å². The summed E-state index contributed by atoms with van der Waals surface area (Å²) in [7, 11) is -3.91. The number of carbonyl (C=O) groups excluding carboxylic acids is 2. The Morgan fingerprint density at radius 2 is 1.93 bits per heavy atom. The fraction of sp³-hybridized carbons (Fsp3) is 0.483. The summed E-state index contributed by atoms with van der Waals surface area (Å²) in [6, 6.07) is 8.09. The number of aliphatic carboxylic acids is 1. The number of thioether (sulfide) groups is 1. The lowest BCUT2D eigenvalue weighted by molar-refractivity contribution is -0.150. The quantitative estimate of drug-likeness (QED) is 0.103. The van der Waals surface area contributed by atoms with E-state index in [0.717, 1.165) is 11.1 Å². The molecule has 2 aromatic rings. The maximum absolute atomic E-state index is 13.1. The van der Waals surface area contributed by atoms with Crippen molar-refractivity contribution in [1.29, 1.82) is 0 Å². The van der Waals surface area contributed by atoms with E-state index < -0.39 is 40.1 Å². The Morgan fingerprint density at radius 3 is 2.61 bits per heavy atom. The summed E-state index contributed by atoms with van der Waals surface area (Å²) in [6.45, 7) is 3.93. The molecule has 2 unspecified atom stereocenters. The number of anilines is 1. The standard InChI is InChI=1S/C29H37Cl2N5O7S3/c1-3-43-29(40)22(33-17(2)27(37)36-10-4-5-23(36)28(38)39)16-44-15-19-8-6-18(7-9-19)14-32-46(41,42)25-12-24-21(11-20(25)31)34-26(13-30)35-45-24/h6-9,11-12,17,22-23,26,32-35H,3-5,10,13-16H2,1-2H3,(H,38,39)/t17-,22?,23-,26?/m0/s1. The SMILES string of the molecule is CCOC(=O)C(CSCc1ccc(CNS(=O)(=O)c2cc3c(cc2Cl)NC(CCl)NS3)cc1)N[C@@H](C)C(=O)N1CCC[C@H]1C(=O)O. The minimum atomic E-state index is -3.91. The third-order valence-electron chi connectivity index (χ3n) is 7.37. The van der Waals surface area contributed by atoms with E-state index in [1.54, 1.807) is 19.9 Å². The third kappa shape index (κ3) is 9.43. The molecule has 46 heavy (non-hydrogen) atoms. The van der Waals surface area contributed by atoms with Gasteiger partial charge in [-0.15, -0.1) is 11.6 Å². The van der Waals surface area contributed by atoms with Crippen LogP contribution in [0.15, 0.2) is 46.2 Å². The van der Waals surface area contributed by atoms with Crippen molar-refractivity contribution in [3.8, 4) is 0 Å². The summed E-state index contributed by atoms with van der Waals surface area (Å²) in [6.07, 6.45) is 0.858. The number of ether oxygens (including phenoxy) is 1. The Morgan fingerprint density at radius 1 is 1.22 bits per heavy atom. The second-order valence-corrected chi connectivity index (χ2v) is 15.1. The van der Waals surface area contributed by atoms with Crippen molar-refractivity contribution in [2.75, 3.05) is 30.1 Å². The van der Waals surface area contributed by atoms with Crippen LogP contribution in [0, 0.1) is 0 Å². The van der Waals surface area contributed by atoms with Gasteiger partial charge in [-0.1, -0.05) is 35.9 Å². The Hall–Kier alpha value is -2.24. The van der Waals surface area contributed by atoms with Crippen LogP contribution in [-0.4, -0.2) is 85.3 Å². The number of alkyl halides is 1. The van der Waals surface area contributed by atoms with Crippen molar-refractivity contribution >= 4 is 80.5 Å². The van der Waals surface area contributed by atoms with E-state index in [0.29, 0.717) is 47.4 Å². The molecule has 0 spiro atoms. The van der Waals surface area contributed by atoms with E-state index in [1.165, 1.54) is 34.7 Å². The molecule has 1 amide bonds. The molecule has 0 bridgehead atoms. The van der Waals surface area contributed by atoms with Crippen LogP contribution in [0.3, 0.4) is 0 Å². The van der Waals surface area contributed by atoms with E-state index in [2.05, 4.69) is 20.1 Å². The van der Waals surface area contributed by atoms with Crippen molar-refractivity contribution in [1.82, 2.24) is 19.7 Å². The number of hydrogen-bond donors (Lipinski definition) is 5. The Labute approximate surface area is 287 Å². The number of carboxylic acid groups (broad SMARTS) is 1. The van der Waals surface area contributed by atoms with Crippen molar-refractivity contribution < 1.29 is 32.6 Å². The van der Waals surface area contributed by atoms with Crippen LogP contribution in [-0.2, 0) is 41.4 Å². The highest BCUT2D eigenvalue weighted by atomic mass is 35.5. The zero-order valence-electron chi connectivity index (χ0n) is 25.3. The predicted molar refractivity (Wildman–Crippen MR) is 181 cm³/mol. The molecule has 1 saturated heterocycles. The smallest absolute Gasteiger partial charge is 0.326 e. The van der Waals surface area contributed by atoms with Gasteiger partial charge in [-0.05, 0) is 61.9 Å². The highest BCUT2D eigenvalue weighted by Gasteiger charge is 2.37. The molecule has 1 fully saturated rings. The van der Waals surface area contributed by atoms with Gasteiger partial charge in [0.2, 0.25) is 15.9 Å². The molecule has 0 saturated carbocycles. The molecule has 0 aliphatic carbocycles. The van der Waals surface area contributed by atoms with Gasteiger partial charge in [0.1, 0.15) is 23.1 Å². The number of sulfonamides is 1. The lowest BCUT2D eigenvalue weighted by atomic mass is 10.1. The second-order valence-electron chi connectivity index (χ2n) is 10.7. The normalized spacial score (nSPS) is 19.2. The number of esters is 1. The van der Waals surface area contributed by atoms with Crippen LogP contribution < -0.4 is 20.1 Å². The average Bonchev–Trinajstić information content (AvgIpc) is 3.53. The summed E-state index contributed by atoms with van der Waals surface area (Å²) in [5.74, 6) is -0.691. The van der Waals surface area contributed by atoms with Gasteiger partial charge in [0.05, 0.1) is 29.2 Å². The average molecular weight is 735 g/mol. The summed E-state index contributed by atoms with van der Waals surface area (Å²) >= 11 is 15.0. The number of amides is 1. The third-order valence-corrected chi connectivity index (χ3v) is 11.6. The number of nitrogens with one attached hydrogen (secondary N) is 4. The molecular formula is C29H37Cl2N5O7S3. The lowest BCUT2D eigenvalue weighted by Crippen LogP contribution is -2.54. The Bertz CT molecular complexity index is 1520. The van der Waals surface area contributed by atoms with Gasteiger partial charge in [0, 0.05) is 29.5 Å². The maximum Gasteiger partial charge on any atom is 0.326 e. The molecule has 2 aromatic carbocycles. The predicted octanol–water partition coefficient (Wildman–Crippen LogP) is 3.62. The van der Waals surface area contributed by atoms with Crippen molar-refractivity contribution in [3.05, 3.63) is 52.5 Å². The number of likely N-dealkylation sites (tertiary alicyclic amines) is 1. The summed E-state index contributed by atoms with van der Waals surface area (Å²) < 4.78 is 37.1. The van der Waals surface area contributed by atoms with E-state index in [4.69, 9.17) is 27.9 Å². The zero-order valence-corrected chi connectivity index (χ0v) is 29.2. The number of halogens is 2. The molecule has 2 aliphatic heterocycles. The van der Waals surface area contributed by atoms with Gasteiger partial charge in [-0.3, -0.25) is 14.9 Å². The molecule has 17 heteroatoms. The van der Waals surface area contributed by atoms with Gasteiger partial charge >= 0.3 is 11.9 Å². The van der Waals surface area contributed by atoms with Crippen molar-refractivity contribution in [3.63, 3.8) is 0 Å². The summed E-state index contributed by atoms with van der Waals surface area (Å²) in [4.78, 5) is 39.2. The molecule has 5 N–H and O–H groups in total. The van der Waals surface area contributed by atoms with Crippen LogP contribution in [0.4, 0.5) is 5.69 Å². The molecule has 4 rings (SSSR count). The van der Waals surface area contributed by atoms with Crippen molar-refractivity contribution in [2.45, 2.75) is 73.1 Å². The van der Waals surface area contributed by atoms with Gasteiger partial charge in [-0.2, -0.15) is 11.8 Å². The number of carboxylic acids is 1. The Kier molecular flexibility index (Phi) is 13.3. The number of carbonyl (C=O) groups is 3. The van der Waals surface area contributed by atoms with Crippen molar-refractivity contribution in [2.24, 2.45) is 0 Å². The van der Waals surface area contributed by atoms with E-state index in [9.17, 15) is 27.9 Å². The first-order valence-corrected chi connectivity index (χ1v) is 19.0. The first-order chi connectivity index (χ1) is 21.9. The fourth-order valence-electron chi connectivity index (χ4n) is 5.00. The van der Waals surface area contributed by atoms with E-state index >= 15 is 0 Å². The molecule has 2 heterocycles. The Balaban J connectivity index is 1.30. The topological polar surface area (TPSA) is 166 Å². The summed E-state index contributed by atoms with van der Waals surface area (Å²) in [5, 5.41) is 15.7. The van der Waals surface area contributed by atoms with Crippen LogP contribution in [0.5, 0.6) is 0 Å². The van der Waals surface area contributed by atoms with Crippen LogP contribution in [0.1, 0.15) is 37.8 Å². The van der Waals surface area contributed by atoms with Gasteiger partial charge < -0.3 is 20.1 Å². The first-order valence-electron chi connectivity index (χ1n) is 14.6. The number of benzene rings is 2. The van der Waals surface area contributed by atoms with Crippen LogP contribution in [0.25, 0.3) is 0 Å². The van der Waals surface area contributed by atoms with Crippen LogP contribution in [0.2, 0.25) is 5.02 Å². The molecule has 252 valence electrons. The van der Waals surface area contributed by atoms with Gasteiger partial charge in [0.25, 0.3) is 0 Å². The monoisotopic (exact) mass is 733 g/mol. The molecular weight excluding hydrogens is 697 g/mol. The number of hydrogen-bond acceptors (Lipinski definition) is 11. The van der Waals surface area contributed by atoms with Gasteiger partial charge in [0.15, 0.2) is 0 Å². The molecule has 2 aliphatic rings. The van der Waals surface area contributed by atoms with Gasteiger partial charge in [-0.25, -0.2) is 22.7 Å². The molecule has 0 radical (unpaired) electrons. The highest BCUT2D eigenvalue weighted by Crippen LogP contribution is 2.36. The van der Waals surface area contributed by atoms with E-state index in [1.807, 2.05) is 24.3 Å². The molecule has 4 atom stereocenters. The first kappa shape index (κ1) is 36.6. The van der Waals surface area contributed by atoms with E-state index in [-0.39, 0.29) is 35.1 Å². The molecule has 12 nitrogen and oxygen atoms in total. The zero-order chi connectivity index (χ0) is 33.4. The highest BCUT2D eigenvalue weighted by molar-refractivity contribution is 7.98. The largest absolute Gasteiger partial charge is 0.480 e. The lowest BCUT2D eigenvalue weighted by Gasteiger charge is -2.27. The molecule has 0 aromatic heterocycles. The number of nitrogens with zero attached hydrogens (tertiary/aromatic N) is 1. The number of rotatable bonds is 15. The summed E-state index contributed by atoms with van der Waals surface area (Å²) in [5.41, 5.74) is 2.40. The minimum Gasteiger partial charge on any atom is -0.480 e. The second kappa shape index (κ2) is 16.7. The number of fused-ring (bicyclic) bond motifs is 1. The minimum absolute atomic E-state index is 0.0238. The maximum atomic E-state index is 13.1.